The highest BCUT2D eigenvalue weighted by Crippen LogP contribution is 2.37. The summed E-state index contributed by atoms with van der Waals surface area (Å²) in [6.45, 7) is 0. The minimum Gasteiger partial charge on any atom is -0.122 e. The first-order valence-electron chi connectivity index (χ1n) is 7.51. The summed E-state index contributed by atoms with van der Waals surface area (Å²) in [4.78, 5) is 2.74. The Morgan fingerprint density at radius 3 is 2.24 bits per heavy atom. The first-order valence-corrected chi connectivity index (χ1v) is 9.27. The highest BCUT2D eigenvalue weighted by molar-refractivity contribution is 8.02. The second-order valence-corrected chi connectivity index (χ2v) is 7.67. The number of hydrogen-bond acceptors (Lipinski definition) is 2. The van der Waals surface area contributed by atoms with Gasteiger partial charge in [0.1, 0.15) is 0 Å². The number of thioether (sulfide) groups is 2. The zero-order valence-electron chi connectivity index (χ0n) is 12.1. The highest BCUT2D eigenvalue weighted by atomic mass is 32.2. The molecule has 1 fully saturated rings. The lowest BCUT2D eigenvalue weighted by atomic mass is 9.96. The van der Waals surface area contributed by atoms with Crippen molar-refractivity contribution in [3.63, 3.8) is 0 Å². The van der Waals surface area contributed by atoms with Crippen molar-refractivity contribution in [2.45, 2.75) is 40.7 Å². The Balaban J connectivity index is 1.58. The molecule has 1 aliphatic rings. The molecule has 0 N–H and O–H groups in total. The molecule has 0 bridgehead atoms. The van der Waals surface area contributed by atoms with Crippen LogP contribution in [0.1, 0.15) is 25.7 Å². The van der Waals surface area contributed by atoms with Crippen molar-refractivity contribution >= 4 is 23.5 Å². The van der Waals surface area contributed by atoms with Crippen molar-refractivity contribution < 1.29 is 0 Å². The van der Waals surface area contributed by atoms with Crippen molar-refractivity contribution in [2.24, 2.45) is 0 Å². The van der Waals surface area contributed by atoms with Crippen molar-refractivity contribution in [3.05, 3.63) is 71.6 Å². The Labute approximate surface area is 136 Å². The van der Waals surface area contributed by atoms with Gasteiger partial charge < -0.3 is 0 Å². The normalized spacial score (nSPS) is 20.6. The maximum absolute atomic E-state index is 2.38. The van der Waals surface area contributed by atoms with E-state index in [0.717, 1.165) is 5.25 Å². The van der Waals surface area contributed by atoms with Crippen LogP contribution in [0.3, 0.4) is 0 Å². The fourth-order valence-corrected chi connectivity index (χ4v) is 4.72. The summed E-state index contributed by atoms with van der Waals surface area (Å²) in [6.07, 6.45) is 5.17. The second-order valence-electron chi connectivity index (χ2n) is 5.36. The third kappa shape index (κ3) is 4.69. The molecule has 0 aliphatic heterocycles. The van der Waals surface area contributed by atoms with Gasteiger partial charge in [0.2, 0.25) is 0 Å². The van der Waals surface area contributed by atoms with E-state index in [1.807, 2.05) is 23.5 Å². The molecule has 108 valence electrons. The largest absolute Gasteiger partial charge is 0.122 e. The number of hydrogen-bond donors (Lipinski definition) is 0. The van der Waals surface area contributed by atoms with Gasteiger partial charge in [0.25, 0.3) is 0 Å². The third-order valence-electron chi connectivity index (χ3n) is 3.66. The maximum atomic E-state index is 2.38. The molecular weight excluding hydrogens is 292 g/mol. The van der Waals surface area contributed by atoms with Gasteiger partial charge in [-0.3, -0.25) is 0 Å². The van der Waals surface area contributed by atoms with Crippen molar-refractivity contribution in [1.29, 1.82) is 0 Å². The lowest BCUT2D eigenvalue weighted by Crippen LogP contribution is -2.10. The van der Waals surface area contributed by atoms with Gasteiger partial charge in [-0.25, -0.2) is 0 Å². The van der Waals surface area contributed by atoms with Gasteiger partial charge in [-0.05, 0) is 55.4 Å². The van der Waals surface area contributed by atoms with E-state index in [1.54, 1.807) is 5.57 Å². The molecular formula is C19H20S2. The molecule has 2 heteroatoms. The molecule has 1 aliphatic carbocycles. The molecule has 0 saturated heterocycles. The van der Waals surface area contributed by atoms with E-state index in [2.05, 4.69) is 66.1 Å². The van der Waals surface area contributed by atoms with Gasteiger partial charge in [0, 0.05) is 15.0 Å². The van der Waals surface area contributed by atoms with Gasteiger partial charge >= 0.3 is 0 Å². The van der Waals surface area contributed by atoms with Gasteiger partial charge in [-0.2, -0.15) is 0 Å². The fraction of sp³-hybridized carbons (Fsp3) is 0.263. The summed E-state index contributed by atoms with van der Waals surface area (Å²) in [6, 6.07) is 21.5. The Morgan fingerprint density at radius 2 is 1.52 bits per heavy atom. The molecule has 21 heavy (non-hydrogen) atoms. The standard InChI is InChI=1S/C19H20S2/c1-3-9-17(10-4-1)20-15-16-8-7-13-19(14-16)21-18-11-5-2-6-12-18/h1-6,9-12,15,19H,7-8,13-14H2/b16-15-. The maximum Gasteiger partial charge on any atom is 0.0132 e. The van der Waals surface area contributed by atoms with Crippen LogP contribution in [0, 0.1) is 0 Å². The fourth-order valence-electron chi connectivity index (χ4n) is 2.60. The summed E-state index contributed by atoms with van der Waals surface area (Å²) < 4.78 is 0. The van der Waals surface area contributed by atoms with E-state index in [4.69, 9.17) is 0 Å². The Hall–Kier alpha value is -1.12. The van der Waals surface area contributed by atoms with Gasteiger partial charge in [0.05, 0.1) is 0 Å². The zero-order chi connectivity index (χ0) is 14.3. The Bertz CT molecular complexity index is 575. The SMILES string of the molecule is C(/Sc1ccccc1)=C1\CCCC(Sc2ccccc2)C1. The molecule has 0 nitrogen and oxygen atoms in total. The molecule has 1 unspecified atom stereocenters. The minimum absolute atomic E-state index is 0.740. The summed E-state index contributed by atoms with van der Waals surface area (Å²) in [5.41, 5.74) is 1.61. The molecule has 1 atom stereocenters. The monoisotopic (exact) mass is 312 g/mol. The summed E-state index contributed by atoms with van der Waals surface area (Å²) in [5.74, 6) is 0. The van der Waals surface area contributed by atoms with Crippen LogP contribution in [0.4, 0.5) is 0 Å². The Kier molecular flexibility index (Phi) is 5.47. The molecule has 2 aromatic carbocycles. The van der Waals surface area contributed by atoms with Gasteiger partial charge in [-0.1, -0.05) is 53.7 Å². The van der Waals surface area contributed by atoms with Crippen LogP contribution in [0.5, 0.6) is 0 Å². The molecule has 3 rings (SSSR count). The second kappa shape index (κ2) is 7.77. The molecule has 1 saturated carbocycles. The molecule has 0 radical (unpaired) electrons. The molecule has 0 amide bonds. The number of allylic oxidation sites excluding steroid dienone is 1. The van der Waals surface area contributed by atoms with Crippen LogP contribution in [0.2, 0.25) is 0 Å². The average molecular weight is 313 g/mol. The van der Waals surface area contributed by atoms with Gasteiger partial charge in [-0.15, -0.1) is 11.8 Å². The lowest BCUT2D eigenvalue weighted by Gasteiger charge is -2.23. The van der Waals surface area contributed by atoms with Crippen LogP contribution in [-0.4, -0.2) is 5.25 Å². The molecule has 0 heterocycles. The Morgan fingerprint density at radius 1 is 0.857 bits per heavy atom. The van der Waals surface area contributed by atoms with Crippen LogP contribution >= 0.6 is 23.5 Å². The summed E-state index contributed by atoms with van der Waals surface area (Å²) in [7, 11) is 0. The van der Waals surface area contributed by atoms with Crippen LogP contribution in [0.25, 0.3) is 0 Å². The van der Waals surface area contributed by atoms with Crippen LogP contribution in [0.15, 0.2) is 81.4 Å². The first-order chi connectivity index (χ1) is 10.4. The van der Waals surface area contributed by atoms with E-state index in [1.165, 1.54) is 35.5 Å². The number of rotatable bonds is 4. The number of benzene rings is 2. The van der Waals surface area contributed by atoms with E-state index < -0.39 is 0 Å². The topological polar surface area (TPSA) is 0 Å². The smallest absolute Gasteiger partial charge is 0.0132 e. The van der Waals surface area contributed by atoms with E-state index in [0.29, 0.717) is 0 Å². The van der Waals surface area contributed by atoms with Gasteiger partial charge in [0.15, 0.2) is 0 Å². The quantitative estimate of drug-likeness (QED) is 0.599. The van der Waals surface area contributed by atoms with Crippen molar-refractivity contribution in [1.82, 2.24) is 0 Å². The molecule has 2 aromatic rings. The predicted molar refractivity (Wildman–Crippen MR) is 94.9 cm³/mol. The van der Waals surface area contributed by atoms with E-state index in [-0.39, 0.29) is 0 Å². The van der Waals surface area contributed by atoms with E-state index in [9.17, 15) is 0 Å². The predicted octanol–water partition coefficient (Wildman–Crippen LogP) is 6.40. The van der Waals surface area contributed by atoms with Crippen molar-refractivity contribution in [3.8, 4) is 0 Å². The molecule has 0 spiro atoms. The summed E-state index contributed by atoms with van der Waals surface area (Å²) >= 11 is 3.90. The lowest BCUT2D eigenvalue weighted by molar-refractivity contribution is 0.614. The first kappa shape index (κ1) is 14.8. The molecule has 0 aromatic heterocycles. The zero-order valence-corrected chi connectivity index (χ0v) is 13.7. The average Bonchev–Trinajstić information content (AvgIpc) is 2.55. The van der Waals surface area contributed by atoms with Crippen molar-refractivity contribution in [2.75, 3.05) is 0 Å². The van der Waals surface area contributed by atoms with Crippen LogP contribution in [-0.2, 0) is 0 Å². The third-order valence-corrected chi connectivity index (χ3v) is 5.94. The van der Waals surface area contributed by atoms with E-state index >= 15 is 0 Å². The summed E-state index contributed by atoms with van der Waals surface area (Å²) in [5, 5.41) is 3.12. The highest BCUT2D eigenvalue weighted by Gasteiger charge is 2.18. The van der Waals surface area contributed by atoms with Crippen LogP contribution < -0.4 is 0 Å². The minimum atomic E-state index is 0.740.